The molecule has 2 heterocycles. The highest BCUT2D eigenvalue weighted by Crippen LogP contribution is 2.37. The summed E-state index contributed by atoms with van der Waals surface area (Å²) in [7, 11) is 0. The van der Waals surface area contributed by atoms with Crippen LogP contribution >= 0.6 is 11.6 Å². The van der Waals surface area contributed by atoms with Crippen LogP contribution in [-0.2, 0) is 6.61 Å². The number of nitrogens with zero attached hydrogens (tertiary/aromatic N) is 5. The van der Waals surface area contributed by atoms with Gasteiger partial charge in [-0.1, -0.05) is 41.9 Å². The lowest BCUT2D eigenvalue weighted by Crippen LogP contribution is -2.14. The van der Waals surface area contributed by atoms with Crippen LogP contribution in [0, 0.1) is 0 Å². The number of amides is 1. The van der Waals surface area contributed by atoms with Gasteiger partial charge in [0.25, 0.3) is 5.91 Å². The summed E-state index contributed by atoms with van der Waals surface area (Å²) in [6, 6.07) is 16.2. The zero-order valence-electron chi connectivity index (χ0n) is 15.1. The van der Waals surface area contributed by atoms with Crippen molar-refractivity contribution in [2.24, 2.45) is 0 Å². The summed E-state index contributed by atoms with van der Waals surface area (Å²) >= 11 is 6.41. The standard InChI is InChI=1S/C20H15ClN6O2/c21-16-6-7-17(24-20(28)15-8-10-22-11-9-15)19(18(16)27-13-23-25-26-27)29-12-14-4-2-1-3-5-14/h1-11,13H,12H2,(H,24,28). The minimum Gasteiger partial charge on any atom is -0.484 e. The maximum absolute atomic E-state index is 12.6. The van der Waals surface area contributed by atoms with Gasteiger partial charge in [-0.15, -0.1) is 5.10 Å². The number of carbonyl (C=O) groups is 1. The summed E-state index contributed by atoms with van der Waals surface area (Å²) in [6.07, 6.45) is 4.51. The molecule has 0 atom stereocenters. The van der Waals surface area contributed by atoms with Crippen molar-refractivity contribution in [2.75, 3.05) is 5.32 Å². The fraction of sp³-hybridized carbons (Fsp3) is 0.0500. The first kappa shape index (κ1) is 18.6. The average molecular weight is 407 g/mol. The largest absolute Gasteiger partial charge is 0.484 e. The van der Waals surface area contributed by atoms with Crippen molar-refractivity contribution in [3.05, 3.63) is 89.5 Å². The lowest BCUT2D eigenvalue weighted by molar-refractivity contribution is 0.102. The van der Waals surface area contributed by atoms with Crippen LogP contribution in [-0.4, -0.2) is 31.1 Å². The summed E-state index contributed by atoms with van der Waals surface area (Å²) in [4.78, 5) is 16.6. The fourth-order valence-electron chi connectivity index (χ4n) is 2.70. The molecule has 144 valence electrons. The van der Waals surface area contributed by atoms with Crippen molar-refractivity contribution in [1.82, 2.24) is 25.2 Å². The Kier molecular flexibility index (Phi) is 5.44. The topological polar surface area (TPSA) is 94.8 Å². The molecule has 0 fully saturated rings. The third kappa shape index (κ3) is 4.22. The Morgan fingerprint density at radius 1 is 1.07 bits per heavy atom. The number of nitrogens with one attached hydrogen (secondary N) is 1. The van der Waals surface area contributed by atoms with Crippen molar-refractivity contribution in [2.45, 2.75) is 6.61 Å². The van der Waals surface area contributed by atoms with Crippen LogP contribution in [0.5, 0.6) is 5.75 Å². The number of aromatic nitrogens is 5. The van der Waals surface area contributed by atoms with Crippen molar-refractivity contribution in [1.29, 1.82) is 0 Å². The second-order valence-corrected chi connectivity index (χ2v) is 6.40. The van der Waals surface area contributed by atoms with Gasteiger partial charge in [0.05, 0.1) is 10.7 Å². The van der Waals surface area contributed by atoms with Crippen LogP contribution in [0.15, 0.2) is 73.3 Å². The first-order valence-electron chi connectivity index (χ1n) is 8.66. The summed E-state index contributed by atoms with van der Waals surface area (Å²) in [6.45, 7) is 0.272. The summed E-state index contributed by atoms with van der Waals surface area (Å²) in [5.41, 5.74) is 2.30. The number of hydrogen-bond acceptors (Lipinski definition) is 6. The Morgan fingerprint density at radius 2 is 1.86 bits per heavy atom. The molecule has 4 aromatic rings. The Balaban J connectivity index is 1.72. The fourth-order valence-corrected chi connectivity index (χ4v) is 2.93. The van der Waals surface area contributed by atoms with Crippen LogP contribution in [0.4, 0.5) is 5.69 Å². The first-order valence-corrected chi connectivity index (χ1v) is 9.04. The van der Waals surface area contributed by atoms with Gasteiger partial charge in [-0.05, 0) is 40.3 Å². The molecule has 1 N–H and O–H groups in total. The van der Waals surface area contributed by atoms with Crippen molar-refractivity contribution < 1.29 is 9.53 Å². The second kappa shape index (κ2) is 8.49. The van der Waals surface area contributed by atoms with E-state index < -0.39 is 0 Å². The number of ether oxygens (including phenoxy) is 1. The molecule has 0 saturated carbocycles. The average Bonchev–Trinajstić information content (AvgIpc) is 3.29. The van der Waals surface area contributed by atoms with Gasteiger partial charge in [0.1, 0.15) is 18.6 Å². The summed E-state index contributed by atoms with van der Waals surface area (Å²) in [5.74, 6) is 0.0537. The van der Waals surface area contributed by atoms with E-state index in [0.29, 0.717) is 27.7 Å². The molecule has 2 aromatic carbocycles. The normalized spacial score (nSPS) is 10.5. The van der Waals surface area contributed by atoms with Gasteiger partial charge in [0.2, 0.25) is 0 Å². The zero-order valence-corrected chi connectivity index (χ0v) is 15.8. The molecule has 29 heavy (non-hydrogen) atoms. The number of pyridine rings is 1. The van der Waals surface area contributed by atoms with E-state index in [-0.39, 0.29) is 12.5 Å². The monoisotopic (exact) mass is 406 g/mol. The molecule has 0 aliphatic carbocycles. The SMILES string of the molecule is O=C(Nc1ccc(Cl)c(-n2cnnn2)c1OCc1ccccc1)c1ccncc1. The number of halogens is 1. The molecule has 2 aromatic heterocycles. The number of anilines is 1. The van der Waals surface area contributed by atoms with Gasteiger partial charge in [-0.25, -0.2) is 0 Å². The molecule has 0 radical (unpaired) electrons. The van der Waals surface area contributed by atoms with E-state index in [0.717, 1.165) is 5.56 Å². The number of hydrogen-bond donors (Lipinski definition) is 1. The van der Waals surface area contributed by atoms with Crippen LogP contribution in [0.2, 0.25) is 5.02 Å². The maximum atomic E-state index is 12.6. The molecule has 0 aliphatic rings. The van der Waals surface area contributed by atoms with Gasteiger partial charge in [0.15, 0.2) is 5.75 Å². The van der Waals surface area contributed by atoms with Gasteiger partial charge in [-0.2, -0.15) is 4.68 Å². The third-order valence-electron chi connectivity index (χ3n) is 4.08. The lowest BCUT2D eigenvalue weighted by Gasteiger charge is -2.17. The molecule has 0 aliphatic heterocycles. The van der Waals surface area contributed by atoms with Crippen molar-refractivity contribution in [3.8, 4) is 11.4 Å². The summed E-state index contributed by atoms with van der Waals surface area (Å²) in [5, 5.41) is 14.5. The van der Waals surface area contributed by atoms with E-state index in [2.05, 4.69) is 25.8 Å². The molecular formula is C20H15ClN6O2. The molecule has 8 nitrogen and oxygen atoms in total. The van der Waals surface area contributed by atoms with E-state index in [1.165, 1.54) is 11.0 Å². The number of benzene rings is 2. The highest BCUT2D eigenvalue weighted by atomic mass is 35.5. The van der Waals surface area contributed by atoms with Crippen LogP contribution in [0.25, 0.3) is 5.69 Å². The van der Waals surface area contributed by atoms with Gasteiger partial charge in [0, 0.05) is 18.0 Å². The molecular weight excluding hydrogens is 392 g/mol. The Morgan fingerprint density at radius 3 is 2.59 bits per heavy atom. The Bertz CT molecular complexity index is 1100. The quantitative estimate of drug-likeness (QED) is 0.526. The van der Waals surface area contributed by atoms with E-state index >= 15 is 0 Å². The Hall–Kier alpha value is -3.78. The van der Waals surface area contributed by atoms with E-state index in [9.17, 15) is 4.79 Å². The van der Waals surface area contributed by atoms with Crippen LogP contribution in [0.3, 0.4) is 0 Å². The predicted molar refractivity (Wildman–Crippen MR) is 107 cm³/mol. The minimum atomic E-state index is -0.304. The van der Waals surface area contributed by atoms with Gasteiger partial charge >= 0.3 is 0 Å². The predicted octanol–water partition coefficient (Wildman–Crippen LogP) is 3.54. The molecule has 0 bridgehead atoms. The second-order valence-electron chi connectivity index (χ2n) is 5.99. The van der Waals surface area contributed by atoms with Gasteiger partial charge in [-0.3, -0.25) is 9.78 Å². The zero-order chi connectivity index (χ0) is 20.1. The maximum Gasteiger partial charge on any atom is 0.255 e. The third-order valence-corrected chi connectivity index (χ3v) is 4.38. The number of rotatable bonds is 6. The van der Waals surface area contributed by atoms with Crippen molar-refractivity contribution >= 4 is 23.2 Å². The van der Waals surface area contributed by atoms with Crippen LogP contribution < -0.4 is 10.1 Å². The number of tetrazole rings is 1. The van der Waals surface area contributed by atoms with E-state index in [1.54, 1.807) is 36.7 Å². The molecule has 0 spiro atoms. The molecule has 4 rings (SSSR count). The lowest BCUT2D eigenvalue weighted by atomic mass is 10.2. The minimum absolute atomic E-state index is 0.272. The number of carbonyl (C=O) groups excluding carboxylic acids is 1. The first-order chi connectivity index (χ1) is 14.2. The highest BCUT2D eigenvalue weighted by Gasteiger charge is 2.19. The van der Waals surface area contributed by atoms with Crippen molar-refractivity contribution in [3.63, 3.8) is 0 Å². The highest BCUT2D eigenvalue weighted by molar-refractivity contribution is 6.33. The molecule has 0 unspecified atom stereocenters. The molecule has 9 heteroatoms. The van der Waals surface area contributed by atoms with E-state index in [4.69, 9.17) is 16.3 Å². The smallest absolute Gasteiger partial charge is 0.255 e. The van der Waals surface area contributed by atoms with E-state index in [1.807, 2.05) is 30.3 Å². The molecule has 0 saturated heterocycles. The molecule has 1 amide bonds. The van der Waals surface area contributed by atoms with Gasteiger partial charge < -0.3 is 10.1 Å². The van der Waals surface area contributed by atoms with Crippen LogP contribution in [0.1, 0.15) is 15.9 Å². The Labute approximate surface area is 171 Å². The summed E-state index contributed by atoms with van der Waals surface area (Å²) < 4.78 is 7.46.